The van der Waals surface area contributed by atoms with Crippen molar-refractivity contribution in [3.8, 4) is 0 Å². The summed E-state index contributed by atoms with van der Waals surface area (Å²) in [5, 5.41) is 0. The summed E-state index contributed by atoms with van der Waals surface area (Å²) in [5.41, 5.74) is -0.949. The van der Waals surface area contributed by atoms with Gasteiger partial charge in [-0.2, -0.15) is 0 Å². The van der Waals surface area contributed by atoms with Crippen LogP contribution in [-0.4, -0.2) is 46.7 Å². The van der Waals surface area contributed by atoms with Crippen LogP contribution in [0.25, 0.3) is 0 Å². The molecule has 0 aromatic rings. The monoisotopic (exact) mass is 296 g/mol. The van der Waals surface area contributed by atoms with E-state index in [-0.39, 0.29) is 17.6 Å². The van der Waals surface area contributed by atoms with Crippen LogP contribution in [0.4, 0.5) is 0 Å². The van der Waals surface area contributed by atoms with E-state index in [0.29, 0.717) is 19.3 Å². The molecule has 4 nitrogen and oxygen atoms in total. The third-order valence-corrected chi connectivity index (χ3v) is 3.28. The number of rotatable bonds is 8. The van der Waals surface area contributed by atoms with Gasteiger partial charge in [-0.1, -0.05) is 0 Å². The molecule has 0 aromatic heterocycles. The Kier molecular flexibility index (Phi) is 7.74. The van der Waals surface area contributed by atoms with E-state index in [0.717, 1.165) is 0 Å². The Labute approximate surface area is 105 Å². The highest BCUT2D eigenvalue weighted by Crippen LogP contribution is 2.28. The molecule has 15 heavy (non-hydrogen) atoms. The first-order valence-electron chi connectivity index (χ1n) is 4.44. The molecule has 0 heterocycles. The smallest absolute Gasteiger partial charge is 0.368 e. The number of hydrogen-bond acceptors (Lipinski definition) is 4. The van der Waals surface area contributed by atoms with Gasteiger partial charge < -0.3 is 18.8 Å². The molecule has 0 aliphatic rings. The molecular formula is C7H15Cl3O4Si. The molecule has 0 aliphatic heterocycles. The van der Waals surface area contributed by atoms with Crippen molar-refractivity contribution < 1.29 is 18.8 Å². The lowest BCUT2D eigenvalue weighted by atomic mass is 9.94. The van der Waals surface area contributed by atoms with Crippen molar-refractivity contribution in [2.24, 2.45) is 0 Å². The number of hydrogen-bond donors (Lipinski definition) is 3. The molecule has 0 aromatic carbocycles. The van der Waals surface area contributed by atoms with Gasteiger partial charge in [-0.15, -0.1) is 34.8 Å². The Bertz CT molecular complexity index is 159. The highest BCUT2D eigenvalue weighted by Gasteiger charge is 2.42. The van der Waals surface area contributed by atoms with Crippen LogP contribution in [0.5, 0.6) is 0 Å². The molecule has 0 rings (SSSR count). The number of halogens is 3. The van der Waals surface area contributed by atoms with Crippen molar-refractivity contribution in [1.82, 2.24) is 0 Å². The zero-order valence-electron chi connectivity index (χ0n) is 8.13. The van der Waals surface area contributed by atoms with E-state index in [4.69, 9.17) is 53.6 Å². The Hall–Kier alpha value is 0.927. The summed E-state index contributed by atoms with van der Waals surface area (Å²) >= 11 is 16.8. The van der Waals surface area contributed by atoms with E-state index in [1.54, 1.807) is 0 Å². The van der Waals surface area contributed by atoms with E-state index in [2.05, 4.69) is 0 Å². The maximum atomic E-state index is 8.93. The van der Waals surface area contributed by atoms with Crippen LogP contribution in [0.3, 0.4) is 0 Å². The third-order valence-electron chi connectivity index (χ3n) is 2.00. The van der Waals surface area contributed by atoms with Gasteiger partial charge in [0.2, 0.25) is 0 Å². The Morgan fingerprint density at radius 1 is 0.867 bits per heavy atom. The van der Waals surface area contributed by atoms with Crippen LogP contribution in [0.2, 0.25) is 0 Å². The molecule has 0 unspecified atom stereocenters. The van der Waals surface area contributed by atoms with Gasteiger partial charge in [-0.3, -0.25) is 0 Å². The lowest BCUT2D eigenvalue weighted by molar-refractivity contribution is -0.0480. The van der Waals surface area contributed by atoms with Gasteiger partial charge in [0.25, 0.3) is 0 Å². The minimum atomic E-state index is -4.58. The molecule has 0 bridgehead atoms. The number of alkyl halides is 3. The summed E-state index contributed by atoms with van der Waals surface area (Å²) in [6, 6.07) is 0. The quantitative estimate of drug-likeness (QED) is 0.462. The Morgan fingerprint density at radius 3 is 1.40 bits per heavy atom. The molecule has 0 atom stereocenters. The minimum absolute atomic E-state index is 0.262. The van der Waals surface area contributed by atoms with Gasteiger partial charge in [0.05, 0.1) is 5.60 Å². The molecule has 0 radical (unpaired) electrons. The Balaban J connectivity index is 4.60. The van der Waals surface area contributed by atoms with E-state index >= 15 is 0 Å². The predicted octanol–water partition coefficient (Wildman–Crippen LogP) is 1.04. The average molecular weight is 298 g/mol. The second-order valence-electron chi connectivity index (χ2n) is 3.18. The minimum Gasteiger partial charge on any atom is -0.368 e. The standard InChI is InChI=1S/C7H15Cl3O4Si/c8-4-1-7(2-5-9,3-6-10)14-15(11,12)13/h11-13H,1-6H2. The maximum Gasteiger partial charge on any atom is 0.671 e. The molecule has 0 spiro atoms. The van der Waals surface area contributed by atoms with E-state index < -0.39 is 14.6 Å². The SMILES string of the molecule is O[Si](O)(O)OC(CCCl)(CCCl)CCCl. The maximum absolute atomic E-state index is 8.93. The van der Waals surface area contributed by atoms with Crippen molar-refractivity contribution in [2.45, 2.75) is 24.9 Å². The van der Waals surface area contributed by atoms with E-state index in [1.165, 1.54) is 0 Å². The average Bonchev–Trinajstić information content (AvgIpc) is 2.01. The molecule has 3 N–H and O–H groups in total. The van der Waals surface area contributed by atoms with Gasteiger partial charge in [0.15, 0.2) is 0 Å². The van der Waals surface area contributed by atoms with E-state index in [9.17, 15) is 0 Å². The van der Waals surface area contributed by atoms with Crippen LogP contribution in [0.15, 0.2) is 0 Å². The Morgan fingerprint density at radius 2 is 1.20 bits per heavy atom. The summed E-state index contributed by atoms with van der Waals surface area (Å²) < 4.78 is 4.90. The molecule has 0 saturated heterocycles. The molecule has 0 aliphatic carbocycles. The second-order valence-corrected chi connectivity index (χ2v) is 5.66. The summed E-state index contributed by atoms with van der Waals surface area (Å²) in [6.07, 6.45) is 1.05. The van der Waals surface area contributed by atoms with Crippen LogP contribution in [0, 0.1) is 0 Å². The van der Waals surface area contributed by atoms with Gasteiger partial charge in [-0.05, 0) is 19.3 Å². The topological polar surface area (TPSA) is 69.9 Å². The van der Waals surface area contributed by atoms with Crippen molar-refractivity contribution in [2.75, 3.05) is 17.6 Å². The first kappa shape index (κ1) is 15.9. The molecule has 8 heteroatoms. The first-order chi connectivity index (χ1) is 6.89. The second kappa shape index (κ2) is 7.29. The van der Waals surface area contributed by atoms with Crippen molar-refractivity contribution in [3.63, 3.8) is 0 Å². The van der Waals surface area contributed by atoms with Crippen molar-refractivity contribution in [1.29, 1.82) is 0 Å². The lowest BCUT2D eigenvalue weighted by Crippen LogP contribution is -2.50. The van der Waals surface area contributed by atoms with Crippen LogP contribution in [0.1, 0.15) is 19.3 Å². The summed E-state index contributed by atoms with van der Waals surface area (Å²) in [4.78, 5) is 26.8. The van der Waals surface area contributed by atoms with Crippen LogP contribution in [-0.2, 0) is 4.43 Å². The van der Waals surface area contributed by atoms with Gasteiger partial charge in [0.1, 0.15) is 0 Å². The van der Waals surface area contributed by atoms with Crippen molar-refractivity contribution in [3.05, 3.63) is 0 Å². The summed E-state index contributed by atoms with van der Waals surface area (Å²) in [5.74, 6) is 0.786. The summed E-state index contributed by atoms with van der Waals surface area (Å²) in [7, 11) is -4.58. The first-order valence-corrected chi connectivity index (χ1v) is 7.79. The molecule has 92 valence electrons. The molecule has 0 fully saturated rings. The fraction of sp³-hybridized carbons (Fsp3) is 1.00. The summed E-state index contributed by atoms with van der Waals surface area (Å²) in [6.45, 7) is 0. The van der Waals surface area contributed by atoms with Gasteiger partial charge in [-0.25, -0.2) is 0 Å². The predicted molar refractivity (Wildman–Crippen MR) is 62.2 cm³/mol. The third kappa shape index (κ3) is 6.96. The van der Waals surface area contributed by atoms with Crippen molar-refractivity contribution >= 4 is 43.9 Å². The lowest BCUT2D eigenvalue weighted by Gasteiger charge is -2.34. The van der Waals surface area contributed by atoms with Gasteiger partial charge in [0, 0.05) is 17.6 Å². The molecular weight excluding hydrogens is 283 g/mol. The fourth-order valence-corrected chi connectivity index (χ4v) is 3.26. The van der Waals surface area contributed by atoms with Gasteiger partial charge >= 0.3 is 9.05 Å². The highest BCUT2D eigenvalue weighted by atomic mass is 35.5. The van der Waals surface area contributed by atoms with E-state index in [1.807, 2.05) is 0 Å². The normalized spacial score (nSPS) is 13.2. The van der Waals surface area contributed by atoms with Crippen LogP contribution < -0.4 is 0 Å². The largest absolute Gasteiger partial charge is 0.671 e. The zero-order valence-corrected chi connectivity index (χ0v) is 11.4. The molecule has 0 saturated carbocycles. The zero-order chi connectivity index (χ0) is 11.9. The van der Waals surface area contributed by atoms with Crippen LogP contribution >= 0.6 is 34.8 Å². The fourth-order valence-electron chi connectivity index (χ4n) is 1.34. The highest BCUT2D eigenvalue weighted by molar-refractivity contribution is 6.48. The molecule has 0 amide bonds.